The first-order valence-corrected chi connectivity index (χ1v) is 4.02. The molecule has 0 saturated heterocycles. The number of hydrogen-bond acceptors (Lipinski definition) is 4. The van der Waals surface area contributed by atoms with Crippen LogP contribution in [-0.4, -0.2) is 26.3 Å². The molecule has 0 unspecified atom stereocenters. The summed E-state index contributed by atoms with van der Waals surface area (Å²) in [6, 6.07) is 4.93. The number of carbonyl (C=O) groups excluding carboxylic acids is 2. The Bertz CT molecular complexity index is 333. The van der Waals surface area contributed by atoms with E-state index in [-0.39, 0.29) is 6.61 Å². The van der Waals surface area contributed by atoms with Crippen LogP contribution < -0.4 is 9.47 Å². The minimum Gasteiger partial charge on any atom is -0.493 e. The van der Waals surface area contributed by atoms with Crippen molar-refractivity contribution in [2.75, 3.05) is 13.7 Å². The van der Waals surface area contributed by atoms with Gasteiger partial charge in [0.15, 0.2) is 24.1 Å². The number of benzene rings is 1. The number of hydrogen-bond donors (Lipinski definition) is 0. The highest BCUT2D eigenvalue weighted by atomic mass is 16.5. The molecule has 74 valence electrons. The molecule has 0 amide bonds. The molecule has 0 atom stereocenters. The number of aldehydes is 2. The zero-order valence-corrected chi connectivity index (χ0v) is 7.73. The Kier molecular flexibility index (Phi) is 3.67. The number of ether oxygens (including phenoxy) is 2. The number of carbonyl (C=O) groups is 2. The maximum absolute atomic E-state index is 10.6. The molecule has 0 saturated carbocycles. The van der Waals surface area contributed by atoms with Crippen LogP contribution in [0, 0.1) is 0 Å². The molecule has 0 spiro atoms. The summed E-state index contributed by atoms with van der Waals surface area (Å²) >= 11 is 0. The number of methoxy groups -OCH3 is 1. The van der Waals surface area contributed by atoms with Gasteiger partial charge in [-0.2, -0.15) is 0 Å². The normalized spacial score (nSPS) is 9.21. The molecule has 1 aromatic rings. The van der Waals surface area contributed by atoms with Gasteiger partial charge in [0.2, 0.25) is 0 Å². The van der Waals surface area contributed by atoms with Gasteiger partial charge in [0.25, 0.3) is 0 Å². The van der Waals surface area contributed by atoms with Gasteiger partial charge in [0.1, 0.15) is 6.61 Å². The first-order chi connectivity index (χ1) is 6.83. The Balaban J connectivity index is 3.05. The van der Waals surface area contributed by atoms with Crippen molar-refractivity contribution in [3.63, 3.8) is 0 Å². The Hall–Kier alpha value is -1.84. The molecule has 4 nitrogen and oxygen atoms in total. The molecular formula is C10H10O4. The van der Waals surface area contributed by atoms with Gasteiger partial charge in [0, 0.05) is 0 Å². The van der Waals surface area contributed by atoms with Gasteiger partial charge in [-0.3, -0.25) is 9.59 Å². The Labute approximate surface area is 81.4 Å². The highest BCUT2D eigenvalue weighted by molar-refractivity contribution is 5.81. The van der Waals surface area contributed by atoms with Crippen LogP contribution >= 0.6 is 0 Å². The number of para-hydroxylation sites is 1. The molecule has 0 heterocycles. The molecule has 1 aromatic carbocycles. The van der Waals surface area contributed by atoms with Crippen LogP contribution in [0.1, 0.15) is 10.4 Å². The molecule has 0 bridgehead atoms. The smallest absolute Gasteiger partial charge is 0.172 e. The van der Waals surface area contributed by atoms with Crippen molar-refractivity contribution in [1.82, 2.24) is 0 Å². The van der Waals surface area contributed by atoms with E-state index in [1.54, 1.807) is 18.2 Å². The molecule has 0 radical (unpaired) electrons. The van der Waals surface area contributed by atoms with Crippen LogP contribution in [-0.2, 0) is 4.79 Å². The van der Waals surface area contributed by atoms with Crippen molar-refractivity contribution in [3.05, 3.63) is 23.8 Å². The average Bonchev–Trinajstić information content (AvgIpc) is 2.25. The zero-order valence-electron chi connectivity index (χ0n) is 7.73. The average molecular weight is 194 g/mol. The fourth-order valence-electron chi connectivity index (χ4n) is 1.06. The van der Waals surface area contributed by atoms with Crippen molar-refractivity contribution in [1.29, 1.82) is 0 Å². The first-order valence-electron chi connectivity index (χ1n) is 4.02. The van der Waals surface area contributed by atoms with Crippen LogP contribution in [0.15, 0.2) is 18.2 Å². The summed E-state index contributed by atoms with van der Waals surface area (Å²) in [6.07, 6.45) is 1.27. The Morgan fingerprint density at radius 3 is 2.71 bits per heavy atom. The quantitative estimate of drug-likeness (QED) is 0.658. The Morgan fingerprint density at radius 1 is 1.36 bits per heavy atom. The third kappa shape index (κ3) is 2.10. The van der Waals surface area contributed by atoms with Gasteiger partial charge >= 0.3 is 0 Å². The fourth-order valence-corrected chi connectivity index (χ4v) is 1.06. The minimum atomic E-state index is -0.0960. The maximum Gasteiger partial charge on any atom is 0.172 e. The van der Waals surface area contributed by atoms with E-state index in [1.165, 1.54) is 7.11 Å². The van der Waals surface area contributed by atoms with E-state index in [2.05, 4.69) is 0 Å². The fraction of sp³-hybridized carbons (Fsp3) is 0.200. The van der Waals surface area contributed by atoms with E-state index in [4.69, 9.17) is 9.47 Å². The largest absolute Gasteiger partial charge is 0.493 e. The molecular weight excluding hydrogens is 184 g/mol. The lowest BCUT2D eigenvalue weighted by molar-refractivity contribution is -0.109. The third-order valence-corrected chi connectivity index (χ3v) is 1.65. The summed E-state index contributed by atoms with van der Waals surface area (Å²) in [5.74, 6) is 0.744. The molecule has 0 fully saturated rings. The van der Waals surface area contributed by atoms with Gasteiger partial charge in [-0.15, -0.1) is 0 Å². The van der Waals surface area contributed by atoms with E-state index in [9.17, 15) is 9.59 Å². The van der Waals surface area contributed by atoms with Crippen molar-refractivity contribution < 1.29 is 19.1 Å². The van der Waals surface area contributed by atoms with E-state index in [0.717, 1.165) is 0 Å². The van der Waals surface area contributed by atoms with Gasteiger partial charge in [-0.25, -0.2) is 0 Å². The Morgan fingerprint density at radius 2 is 2.14 bits per heavy atom. The topological polar surface area (TPSA) is 52.6 Å². The van der Waals surface area contributed by atoms with Crippen molar-refractivity contribution >= 4 is 12.6 Å². The lowest BCUT2D eigenvalue weighted by Crippen LogP contribution is -2.02. The van der Waals surface area contributed by atoms with Crippen molar-refractivity contribution in [2.24, 2.45) is 0 Å². The van der Waals surface area contributed by atoms with Crippen LogP contribution in [0.5, 0.6) is 11.5 Å². The minimum absolute atomic E-state index is 0.0960. The lowest BCUT2D eigenvalue weighted by atomic mass is 10.2. The summed E-state index contributed by atoms with van der Waals surface area (Å²) in [5, 5.41) is 0. The van der Waals surface area contributed by atoms with E-state index in [0.29, 0.717) is 29.6 Å². The molecule has 0 aliphatic heterocycles. The highest BCUT2D eigenvalue weighted by Crippen LogP contribution is 2.29. The molecule has 0 aliphatic rings. The molecule has 0 aliphatic carbocycles. The van der Waals surface area contributed by atoms with Crippen LogP contribution in [0.3, 0.4) is 0 Å². The summed E-state index contributed by atoms with van der Waals surface area (Å²) in [7, 11) is 1.47. The van der Waals surface area contributed by atoms with Crippen LogP contribution in [0.25, 0.3) is 0 Å². The van der Waals surface area contributed by atoms with E-state index >= 15 is 0 Å². The molecule has 14 heavy (non-hydrogen) atoms. The predicted molar refractivity (Wildman–Crippen MR) is 49.9 cm³/mol. The molecule has 0 aromatic heterocycles. The first kappa shape index (κ1) is 10.2. The van der Waals surface area contributed by atoms with E-state index < -0.39 is 0 Å². The monoisotopic (exact) mass is 194 g/mol. The van der Waals surface area contributed by atoms with Gasteiger partial charge in [-0.05, 0) is 12.1 Å². The molecule has 4 heteroatoms. The number of rotatable bonds is 5. The van der Waals surface area contributed by atoms with Gasteiger partial charge < -0.3 is 9.47 Å². The standard InChI is InChI=1S/C10H10O4/c1-13-9-4-2-3-8(7-12)10(9)14-6-5-11/h2-5,7H,6H2,1H3. The highest BCUT2D eigenvalue weighted by Gasteiger charge is 2.08. The summed E-state index contributed by atoms with van der Waals surface area (Å²) < 4.78 is 10.1. The van der Waals surface area contributed by atoms with Crippen LogP contribution in [0.4, 0.5) is 0 Å². The van der Waals surface area contributed by atoms with Crippen molar-refractivity contribution in [2.45, 2.75) is 0 Å². The maximum atomic E-state index is 10.6. The summed E-state index contributed by atoms with van der Waals surface area (Å²) in [5.41, 5.74) is 0.367. The third-order valence-electron chi connectivity index (χ3n) is 1.65. The molecule has 0 N–H and O–H groups in total. The SMILES string of the molecule is COc1cccc(C=O)c1OCC=O. The molecule has 1 rings (SSSR count). The summed E-state index contributed by atoms with van der Waals surface area (Å²) in [6.45, 7) is -0.0960. The second-order valence-electron chi connectivity index (χ2n) is 2.47. The van der Waals surface area contributed by atoms with Gasteiger partial charge in [-0.1, -0.05) is 6.07 Å². The lowest BCUT2D eigenvalue weighted by Gasteiger charge is -2.09. The predicted octanol–water partition coefficient (Wildman–Crippen LogP) is 1.09. The zero-order chi connectivity index (χ0) is 10.4. The second kappa shape index (κ2) is 5.01. The van der Waals surface area contributed by atoms with E-state index in [1.807, 2.05) is 0 Å². The second-order valence-corrected chi connectivity index (χ2v) is 2.47. The summed E-state index contributed by atoms with van der Waals surface area (Å²) in [4.78, 5) is 20.8. The van der Waals surface area contributed by atoms with Gasteiger partial charge in [0.05, 0.1) is 12.7 Å². The van der Waals surface area contributed by atoms with Crippen LogP contribution in [0.2, 0.25) is 0 Å². The van der Waals surface area contributed by atoms with Crippen molar-refractivity contribution in [3.8, 4) is 11.5 Å².